The second-order valence-corrected chi connectivity index (χ2v) is 27.6. The third kappa shape index (κ3) is 10.3. The summed E-state index contributed by atoms with van der Waals surface area (Å²) >= 11 is 0. The molecule has 4 heterocycles. The van der Waals surface area contributed by atoms with Crippen LogP contribution in [0.1, 0.15) is 278 Å². The molecule has 10 aromatic rings. The maximum Gasteiger partial charge on any atom is 0.261 e. The van der Waals surface area contributed by atoms with Crippen LogP contribution in [0.5, 0.6) is 0 Å². The fraction of sp³-hybridized carbons (Fsp3) is 0.415. The molecule has 0 spiro atoms. The molecule has 482 valence electrons. The zero-order valence-corrected chi connectivity index (χ0v) is 55.2. The normalized spacial score (nSPS) is 15.0. The molecule has 0 bridgehead atoms. The van der Waals surface area contributed by atoms with Gasteiger partial charge in [-0.3, -0.25) is 58.0 Å². The molecule has 0 aromatic heterocycles. The molecule has 12 heteroatoms. The maximum atomic E-state index is 14.7. The van der Waals surface area contributed by atoms with Crippen LogP contribution < -0.4 is 0 Å². The zero-order chi connectivity index (χ0) is 65.1. The van der Waals surface area contributed by atoms with Gasteiger partial charge in [-0.1, -0.05) is 205 Å². The minimum absolute atomic E-state index is 0.157. The van der Waals surface area contributed by atoms with Gasteiger partial charge in [-0.15, -0.1) is 0 Å². The van der Waals surface area contributed by atoms with Crippen LogP contribution in [0.3, 0.4) is 0 Å². The lowest BCUT2D eigenvalue weighted by atomic mass is 9.82. The molecule has 12 nitrogen and oxygen atoms in total. The Hall–Kier alpha value is -8.64. The molecule has 0 unspecified atom stereocenters. The fourth-order valence-corrected chi connectivity index (χ4v) is 17.0. The number of hydrogen-bond donors (Lipinski definition) is 0. The monoisotopic (exact) mass is 1250 g/mol. The van der Waals surface area contributed by atoms with E-state index in [-0.39, 0.29) is 72.4 Å². The molecule has 14 rings (SSSR count). The van der Waals surface area contributed by atoms with Crippen LogP contribution in [-0.2, 0) is 0 Å². The highest BCUT2D eigenvalue weighted by molar-refractivity contribution is 6.43. The molecular formula is C82H86N4O8. The summed E-state index contributed by atoms with van der Waals surface area (Å²) in [6, 6.07) is 30.4. The lowest BCUT2D eigenvalue weighted by Crippen LogP contribution is -2.47. The van der Waals surface area contributed by atoms with E-state index in [1.165, 1.54) is 9.80 Å². The molecule has 0 saturated heterocycles. The first-order chi connectivity index (χ1) is 45.9. The first-order valence-electron chi connectivity index (χ1n) is 35.8. The highest BCUT2D eigenvalue weighted by Gasteiger charge is 2.42. The highest BCUT2D eigenvalue weighted by atomic mass is 16.2. The van der Waals surface area contributed by atoms with E-state index in [1.54, 1.807) is 9.80 Å². The Morgan fingerprint density at radius 3 is 0.628 bits per heavy atom. The molecule has 4 aliphatic rings. The average Bonchev–Trinajstić information content (AvgIpc) is 0.707. The van der Waals surface area contributed by atoms with Crippen molar-refractivity contribution in [1.29, 1.82) is 0 Å². The van der Waals surface area contributed by atoms with Crippen molar-refractivity contribution in [2.24, 2.45) is 0 Å². The van der Waals surface area contributed by atoms with Crippen molar-refractivity contribution in [1.82, 2.24) is 19.6 Å². The molecule has 0 fully saturated rings. The Morgan fingerprint density at radius 1 is 0.223 bits per heavy atom. The number of hydrogen-bond acceptors (Lipinski definition) is 8. The average molecular weight is 1260 g/mol. The Kier molecular flexibility index (Phi) is 17.6. The predicted octanol–water partition coefficient (Wildman–Crippen LogP) is 19.8. The maximum absolute atomic E-state index is 14.7. The van der Waals surface area contributed by atoms with Crippen molar-refractivity contribution in [3.8, 4) is 0 Å². The van der Waals surface area contributed by atoms with Gasteiger partial charge in [-0.05, 0) is 152 Å². The molecule has 94 heavy (non-hydrogen) atoms. The van der Waals surface area contributed by atoms with Crippen molar-refractivity contribution in [3.05, 3.63) is 142 Å². The van der Waals surface area contributed by atoms with E-state index in [0.717, 1.165) is 219 Å². The van der Waals surface area contributed by atoms with E-state index in [0.29, 0.717) is 78.9 Å². The van der Waals surface area contributed by atoms with Gasteiger partial charge in [0.25, 0.3) is 47.3 Å². The van der Waals surface area contributed by atoms with Gasteiger partial charge in [-0.25, -0.2) is 0 Å². The SMILES string of the molecule is CCCCCCC(CCCCCC)N1C(=O)c2ccc3c4ccc5c6c(ccc(c7ccc(c2c37)C1=O)c64)C(=O)N(CCCCCCCCN1C(=O)c2ccc3c4ccc6c7c(ccc(c8ccc(c2c38)C1=O)c74)C(=O)N(C(CCCCCC)CCCCCC)C6=O)C5=O. The van der Waals surface area contributed by atoms with E-state index in [9.17, 15) is 38.4 Å². The Bertz CT molecular complexity index is 4190. The number of benzene rings is 10. The number of carbonyl (C=O) groups excluding carboxylic acids is 8. The van der Waals surface area contributed by atoms with Gasteiger partial charge in [0, 0.05) is 91.2 Å². The van der Waals surface area contributed by atoms with Crippen LogP contribution in [0.25, 0.3) is 86.2 Å². The standard InChI is InChI=1S/C82H86N4O8/c1-5-9-13-21-27-49(28-22-14-10-6-2)85-79(91)63-43-35-55-51-31-39-59-71-60(40-32-52(67(51)71)56-36-44-64(80(85)92)73(63)69(55)56)76(88)83(75(59)87)47-25-19-17-18-20-26-48-84-77(89)61-41-33-53-57-37-45-65-74-66(46-38-58(70(57)74)54-34-42-62(78(84)90)72(61)68(53)54)82(94)86(81(65)93)50(29-23-15-11-7-3)30-24-16-12-8-4/h31-46,49-50H,5-30,47-48H2,1-4H3. The summed E-state index contributed by atoms with van der Waals surface area (Å²) in [6.07, 6.45) is 25.0. The van der Waals surface area contributed by atoms with Crippen LogP contribution in [0.2, 0.25) is 0 Å². The Labute approximate surface area is 550 Å². The van der Waals surface area contributed by atoms with Crippen LogP contribution in [-0.4, -0.2) is 92.0 Å². The van der Waals surface area contributed by atoms with Gasteiger partial charge in [0.15, 0.2) is 0 Å². The van der Waals surface area contributed by atoms with Crippen molar-refractivity contribution in [3.63, 3.8) is 0 Å². The van der Waals surface area contributed by atoms with E-state index in [4.69, 9.17) is 0 Å². The topological polar surface area (TPSA) is 150 Å². The van der Waals surface area contributed by atoms with E-state index >= 15 is 0 Å². The third-order valence-electron chi connectivity index (χ3n) is 21.8. The number of carbonyl (C=O) groups is 8. The number of nitrogens with zero attached hydrogens (tertiary/aromatic N) is 4. The van der Waals surface area contributed by atoms with Crippen LogP contribution in [0.4, 0.5) is 0 Å². The molecule has 4 aliphatic heterocycles. The molecule has 0 atom stereocenters. The molecule has 0 aliphatic carbocycles. The number of fused-ring (bicyclic) bond motifs is 4. The van der Waals surface area contributed by atoms with E-state index < -0.39 is 0 Å². The van der Waals surface area contributed by atoms with Crippen molar-refractivity contribution < 1.29 is 38.4 Å². The van der Waals surface area contributed by atoms with Gasteiger partial charge in [0.1, 0.15) is 0 Å². The Morgan fingerprint density at radius 2 is 0.415 bits per heavy atom. The molecule has 0 radical (unpaired) electrons. The van der Waals surface area contributed by atoms with Gasteiger partial charge < -0.3 is 0 Å². The van der Waals surface area contributed by atoms with Crippen LogP contribution in [0.15, 0.2) is 97.1 Å². The summed E-state index contributed by atoms with van der Waals surface area (Å²) in [5.41, 5.74) is 4.12. The van der Waals surface area contributed by atoms with Crippen molar-refractivity contribution in [2.75, 3.05) is 13.1 Å². The summed E-state index contributed by atoms with van der Waals surface area (Å²) in [7, 11) is 0. The lowest BCUT2D eigenvalue weighted by Gasteiger charge is -2.35. The summed E-state index contributed by atoms with van der Waals surface area (Å²) in [5, 5.41) is 13.0. The summed E-state index contributed by atoms with van der Waals surface area (Å²) in [5.74, 6) is -2.17. The molecule has 8 amide bonds. The number of imide groups is 4. The largest absolute Gasteiger partial charge is 0.274 e. The lowest BCUT2D eigenvalue weighted by molar-refractivity contribution is 0.0501. The smallest absolute Gasteiger partial charge is 0.261 e. The fourth-order valence-electron chi connectivity index (χ4n) is 17.0. The second kappa shape index (κ2) is 26.3. The number of rotatable bonds is 31. The van der Waals surface area contributed by atoms with Crippen molar-refractivity contribution in [2.45, 2.75) is 207 Å². The van der Waals surface area contributed by atoms with Crippen LogP contribution in [0, 0.1) is 0 Å². The zero-order valence-electron chi connectivity index (χ0n) is 55.2. The summed E-state index contributed by atoms with van der Waals surface area (Å²) in [6.45, 7) is 9.31. The predicted molar refractivity (Wildman–Crippen MR) is 377 cm³/mol. The Balaban J connectivity index is 0.627. The molecular weight excluding hydrogens is 1170 g/mol. The first kappa shape index (κ1) is 62.8. The minimum atomic E-state index is -0.317. The quantitative estimate of drug-likeness (QED) is 0.0180. The minimum Gasteiger partial charge on any atom is -0.274 e. The van der Waals surface area contributed by atoms with Gasteiger partial charge in [-0.2, -0.15) is 0 Å². The highest BCUT2D eigenvalue weighted by Crippen LogP contribution is 2.49. The number of amides is 8. The van der Waals surface area contributed by atoms with E-state index in [1.807, 2.05) is 97.1 Å². The van der Waals surface area contributed by atoms with Crippen LogP contribution >= 0.6 is 0 Å². The molecule has 0 N–H and O–H groups in total. The first-order valence-corrected chi connectivity index (χ1v) is 35.8. The van der Waals surface area contributed by atoms with E-state index in [2.05, 4.69) is 27.7 Å². The summed E-state index contributed by atoms with van der Waals surface area (Å²) < 4.78 is 0. The molecule has 0 saturated carbocycles. The third-order valence-corrected chi connectivity index (χ3v) is 21.8. The molecule has 10 aromatic carbocycles. The summed E-state index contributed by atoms with van der Waals surface area (Å²) in [4.78, 5) is 122. The van der Waals surface area contributed by atoms with Gasteiger partial charge in [0.2, 0.25) is 0 Å². The van der Waals surface area contributed by atoms with Gasteiger partial charge in [0.05, 0.1) is 0 Å². The second-order valence-electron chi connectivity index (χ2n) is 27.6. The van der Waals surface area contributed by atoms with Crippen molar-refractivity contribution >= 4 is 133 Å². The van der Waals surface area contributed by atoms with Gasteiger partial charge >= 0.3 is 0 Å². The number of unbranched alkanes of at least 4 members (excludes halogenated alkanes) is 17.